The molecule has 2 heteroatoms. The van der Waals surface area contributed by atoms with Gasteiger partial charge in [-0.25, -0.2) is 9.97 Å². The van der Waals surface area contributed by atoms with Crippen molar-refractivity contribution in [1.29, 1.82) is 0 Å². The topological polar surface area (TPSA) is 25.8 Å². The van der Waals surface area contributed by atoms with Gasteiger partial charge < -0.3 is 0 Å². The van der Waals surface area contributed by atoms with Crippen molar-refractivity contribution < 1.29 is 0 Å². The lowest BCUT2D eigenvalue weighted by molar-refractivity contribution is 0.997. The zero-order valence-electron chi connectivity index (χ0n) is 11.7. The summed E-state index contributed by atoms with van der Waals surface area (Å²) in [5, 5.41) is 0. The highest BCUT2D eigenvalue weighted by atomic mass is 14.9. The van der Waals surface area contributed by atoms with Gasteiger partial charge in [-0.2, -0.15) is 0 Å². The van der Waals surface area contributed by atoms with Crippen LogP contribution in [0.5, 0.6) is 0 Å². The first-order valence-electron chi connectivity index (χ1n) is 7.40. The van der Waals surface area contributed by atoms with Crippen LogP contribution in [0.1, 0.15) is 24.5 Å². The zero-order chi connectivity index (χ0) is 14.1. The van der Waals surface area contributed by atoms with E-state index in [2.05, 4.69) is 42.5 Å². The highest BCUT2D eigenvalue weighted by molar-refractivity contribution is 5.64. The predicted octanol–water partition coefficient (Wildman–Crippen LogP) is 4.69. The Balaban J connectivity index is 1.86. The minimum absolute atomic E-state index is 0.623. The maximum atomic E-state index is 4.78. The van der Waals surface area contributed by atoms with Crippen LogP contribution in [0.4, 0.5) is 0 Å². The van der Waals surface area contributed by atoms with E-state index in [0.29, 0.717) is 5.92 Å². The third-order valence-corrected chi connectivity index (χ3v) is 3.84. The van der Waals surface area contributed by atoms with Crippen molar-refractivity contribution >= 4 is 0 Å². The summed E-state index contributed by atoms with van der Waals surface area (Å²) in [7, 11) is 0. The van der Waals surface area contributed by atoms with Gasteiger partial charge in [0.1, 0.15) is 0 Å². The van der Waals surface area contributed by atoms with Crippen molar-refractivity contribution in [3.8, 4) is 22.6 Å². The standard InChI is InChI=1S/C19H16N2/c1-3-7-14(8-4-1)17-13-18(15-11-12-15)21-19(20-17)16-9-5-2-6-10-16/h1-10,13,15H,11-12H2. The van der Waals surface area contributed by atoms with Crippen molar-refractivity contribution in [2.75, 3.05) is 0 Å². The summed E-state index contributed by atoms with van der Waals surface area (Å²) in [6.45, 7) is 0. The van der Waals surface area contributed by atoms with E-state index in [0.717, 1.165) is 22.6 Å². The lowest BCUT2D eigenvalue weighted by Gasteiger charge is -2.08. The van der Waals surface area contributed by atoms with Gasteiger partial charge in [-0.3, -0.25) is 0 Å². The Bertz CT molecular complexity index is 689. The molecule has 0 saturated heterocycles. The Hall–Kier alpha value is -2.48. The van der Waals surface area contributed by atoms with Crippen molar-refractivity contribution in [1.82, 2.24) is 9.97 Å². The average molecular weight is 272 g/mol. The van der Waals surface area contributed by atoms with Crippen LogP contribution in [-0.2, 0) is 0 Å². The molecule has 2 nitrogen and oxygen atoms in total. The Kier molecular flexibility index (Phi) is 3.00. The lowest BCUT2D eigenvalue weighted by Crippen LogP contribution is -1.97. The van der Waals surface area contributed by atoms with Gasteiger partial charge >= 0.3 is 0 Å². The number of nitrogens with zero attached hydrogens (tertiary/aromatic N) is 2. The summed E-state index contributed by atoms with van der Waals surface area (Å²) < 4.78 is 0. The third kappa shape index (κ3) is 2.57. The molecule has 3 aromatic rings. The van der Waals surface area contributed by atoms with Gasteiger partial charge in [-0.05, 0) is 18.9 Å². The van der Waals surface area contributed by atoms with Gasteiger partial charge in [0.2, 0.25) is 0 Å². The molecule has 1 fully saturated rings. The van der Waals surface area contributed by atoms with Crippen molar-refractivity contribution in [3.63, 3.8) is 0 Å². The van der Waals surface area contributed by atoms with Crippen LogP contribution >= 0.6 is 0 Å². The molecule has 2 aromatic carbocycles. The summed E-state index contributed by atoms with van der Waals surface area (Å²) in [6.07, 6.45) is 2.50. The molecule has 0 atom stereocenters. The van der Waals surface area contributed by atoms with Crippen LogP contribution < -0.4 is 0 Å². The average Bonchev–Trinajstić information content (AvgIpc) is 3.41. The van der Waals surface area contributed by atoms with E-state index < -0.39 is 0 Å². The van der Waals surface area contributed by atoms with E-state index in [1.165, 1.54) is 18.5 Å². The second-order valence-electron chi connectivity index (χ2n) is 5.51. The molecule has 0 radical (unpaired) electrons. The third-order valence-electron chi connectivity index (χ3n) is 3.84. The molecule has 1 saturated carbocycles. The first kappa shape index (κ1) is 12.3. The van der Waals surface area contributed by atoms with E-state index >= 15 is 0 Å². The summed E-state index contributed by atoms with van der Waals surface area (Å²) in [5.41, 5.74) is 4.44. The molecule has 0 bridgehead atoms. The highest BCUT2D eigenvalue weighted by Crippen LogP contribution is 2.40. The molecule has 102 valence electrons. The fourth-order valence-electron chi connectivity index (χ4n) is 2.53. The summed E-state index contributed by atoms with van der Waals surface area (Å²) in [5.74, 6) is 1.46. The first-order chi connectivity index (χ1) is 10.4. The van der Waals surface area contributed by atoms with E-state index in [1.54, 1.807) is 0 Å². The number of hydrogen-bond donors (Lipinski definition) is 0. The lowest BCUT2D eigenvalue weighted by atomic mass is 10.1. The molecular formula is C19H16N2. The molecule has 1 aliphatic carbocycles. The van der Waals surface area contributed by atoms with Gasteiger partial charge in [0.15, 0.2) is 5.82 Å². The SMILES string of the molecule is c1ccc(-c2cc(C3CC3)nc(-c3ccccc3)n2)cc1. The number of hydrogen-bond acceptors (Lipinski definition) is 2. The van der Waals surface area contributed by atoms with Gasteiger partial charge in [-0.15, -0.1) is 0 Å². The normalized spacial score (nSPS) is 14.1. The minimum Gasteiger partial charge on any atom is -0.233 e. The van der Waals surface area contributed by atoms with Crippen molar-refractivity contribution in [2.45, 2.75) is 18.8 Å². The number of benzene rings is 2. The fourth-order valence-corrected chi connectivity index (χ4v) is 2.53. The van der Waals surface area contributed by atoms with E-state index in [1.807, 2.05) is 24.3 Å². The predicted molar refractivity (Wildman–Crippen MR) is 84.9 cm³/mol. The van der Waals surface area contributed by atoms with Crippen LogP contribution in [0.2, 0.25) is 0 Å². The first-order valence-corrected chi connectivity index (χ1v) is 7.40. The smallest absolute Gasteiger partial charge is 0.160 e. The maximum absolute atomic E-state index is 4.78. The van der Waals surface area contributed by atoms with Crippen molar-refractivity contribution in [2.24, 2.45) is 0 Å². The van der Waals surface area contributed by atoms with E-state index in [-0.39, 0.29) is 0 Å². The largest absolute Gasteiger partial charge is 0.233 e. The molecule has 0 amide bonds. The highest BCUT2D eigenvalue weighted by Gasteiger charge is 2.26. The molecule has 0 N–H and O–H groups in total. The molecule has 1 aliphatic rings. The molecule has 1 aromatic heterocycles. The van der Waals surface area contributed by atoms with E-state index in [4.69, 9.17) is 9.97 Å². The fraction of sp³-hybridized carbons (Fsp3) is 0.158. The summed E-state index contributed by atoms with van der Waals surface area (Å²) in [4.78, 5) is 9.55. The number of aromatic nitrogens is 2. The van der Waals surface area contributed by atoms with E-state index in [9.17, 15) is 0 Å². The molecular weight excluding hydrogens is 256 g/mol. The molecule has 0 unspecified atom stereocenters. The number of rotatable bonds is 3. The Morgan fingerprint density at radius 3 is 1.95 bits per heavy atom. The van der Waals surface area contributed by atoms with Gasteiger partial charge in [0.05, 0.1) is 5.69 Å². The molecule has 1 heterocycles. The summed E-state index contributed by atoms with van der Waals surface area (Å²) in [6, 6.07) is 22.7. The van der Waals surface area contributed by atoms with Crippen LogP contribution in [-0.4, -0.2) is 9.97 Å². The minimum atomic E-state index is 0.623. The Morgan fingerprint density at radius 2 is 1.33 bits per heavy atom. The quantitative estimate of drug-likeness (QED) is 0.691. The Labute approximate surface area is 124 Å². The van der Waals surface area contributed by atoms with Gasteiger partial charge in [0.25, 0.3) is 0 Å². The van der Waals surface area contributed by atoms with Crippen molar-refractivity contribution in [3.05, 3.63) is 72.4 Å². The van der Waals surface area contributed by atoms with Gasteiger partial charge in [0, 0.05) is 22.7 Å². The van der Waals surface area contributed by atoms with Crippen LogP contribution in [0.15, 0.2) is 66.7 Å². The van der Waals surface area contributed by atoms with Gasteiger partial charge in [-0.1, -0.05) is 60.7 Å². The molecule has 0 spiro atoms. The van der Waals surface area contributed by atoms with Crippen LogP contribution in [0.3, 0.4) is 0 Å². The maximum Gasteiger partial charge on any atom is 0.160 e. The molecule has 4 rings (SSSR count). The summed E-state index contributed by atoms with van der Waals surface area (Å²) >= 11 is 0. The Morgan fingerprint density at radius 1 is 0.714 bits per heavy atom. The van der Waals surface area contributed by atoms with Crippen LogP contribution in [0.25, 0.3) is 22.6 Å². The second kappa shape index (κ2) is 5.13. The molecule has 21 heavy (non-hydrogen) atoms. The second-order valence-corrected chi connectivity index (χ2v) is 5.51. The van der Waals surface area contributed by atoms with Crippen LogP contribution in [0, 0.1) is 0 Å². The molecule has 0 aliphatic heterocycles. The zero-order valence-corrected chi connectivity index (χ0v) is 11.7. The monoisotopic (exact) mass is 272 g/mol.